The number of nitrogens with zero attached hydrogens (tertiary/aromatic N) is 2. The summed E-state index contributed by atoms with van der Waals surface area (Å²) in [4.78, 5) is 5.68. The average molecular weight is 603 g/mol. The summed E-state index contributed by atoms with van der Waals surface area (Å²) in [6.07, 6.45) is 10.1. The Morgan fingerprint density at radius 1 is 0.682 bits per heavy atom. The Bertz CT molecular complexity index is 1840. The first-order valence-electron chi connectivity index (χ1n) is 17.4. The Morgan fingerprint density at radius 3 is 1.89 bits per heavy atom. The van der Waals surface area contributed by atoms with Gasteiger partial charge in [-0.15, -0.1) is 0 Å². The Morgan fingerprint density at radius 2 is 1.25 bits per heavy atom. The second kappa shape index (κ2) is 8.12. The minimum Gasteiger partial charge on any atom is -0.335 e. The van der Waals surface area contributed by atoms with Crippen LogP contribution in [0.3, 0.4) is 0 Å². The fourth-order valence-corrected chi connectivity index (χ4v) is 12.0. The molecule has 2 nitrogen and oxygen atoms in total. The van der Waals surface area contributed by atoms with Gasteiger partial charge in [0.2, 0.25) is 0 Å². The van der Waals surface area contributed by atoms with Crippen molar-refractivity contribution in [2.24, 2.45) is 0 Å². The number of hydrogen-bond donors (Lipinski definition) is 0. The number of aryl methyl sites for hydroxylation is 2. The molecule has 4 aliphatic heterocycles. The van der Waals surface area contributed by atoms with Crippen LogP contribution in [0.25, 0.3) is 0 Å². The minimum absolute atomic E-state index is 0.0181. The molecule has 0 spiro atoms. The van der Waals surface area contributed by atoms with Crippen LogP contribution < -0.4 is 26.2 Å². The highest BCUT2D eigenvalue weighted by atomic mass is 35.5. The lowest BCUT2D eigenvalue weighted by Gasteiger charge is -2.54. The SMILES string of the molecule is Cc1cc(C)c2c3c1B1c4cc(C(C)(C)C)cc5c4N(c4cc(Cl)cc(c41)N3C1(C)CCCCC21C)C1(C)CCCCC51C. The number of benzene rings is 3. The molecule has 0 amide bonds. The van der Waals surface area contributed by atoms with Gasteiger partial charge in [-0.1, -0.05) is 95.7 Å². The van der Waals surface area contributed by atoms with Gasteiger partial charge in [0.25, 0.3) is 6.71 Å². The van der Waals surface area contributed by atoms with E-state index in [0.717, 1.165) is 5.02 Å². The van der Waals surface area contributed by atoms with Crippen molar-refractivity contribution in [2.75, 3.05) is 9.80 Å². The third-order valence-electron chi connectivity index (χ3n) is 14.4. The molecule has 4 unspecified atom stereocenters. The maximum Gasteiger partial charge on any atom is 0.252 e. The highest BCUT2D eigenvalue weighted by Crippen LogP contribution is 2.65. The second-order valence-corrected chi connectivity index (χ2v) is 17.9. The van der Waals surface area contributed by atoms with Crippen LogP contribution in [0.1, 0.15) is 128 Å². The molecule has 6 aliphatic rings. The van der Waals surface area contributed by atoms with Crippen LogP contribution in [-0.4, -0.2) is 17.8 Å². The molecule has 3 aromatic rings. The van der Waals surface area contributed by atoms with Gasteiger partial charge in [0.15, 0.2) is 0 Å². The molecule has 2 aliphatic carbocycles. The summed E-state index contributed by atoms with van der Waals surface area (Å²) in [6.45, 7) is 22.6. The van der Waals surface area contributed by atoms with Crippen molar-refractivity contribution in [3.05, 3.63) is 63.2 Å². The van der Waals surface area contributed by atoms with Crippen molar-refractivity contribution in [3.63, 3.8) is 0 Å². The molecule has 2 fully saturated rings. The van der Waals surface area contributed by atoms with Gasteiger partial charge in [-0.2, -0.15) is 0 Å². The average Bonchev–Trinajstić information content (AvgIpc) is 3.30. The van der Waals surface area contributed by atoms with Crippen LogP contribution in [0.15, 0.2) is 30.3 Å². The molecule has 0 N–H and O–H groups in total. The Kier molecular flexibility index (Phi) is 5.14. The fourth-order valence-electron chi connectivity index (χ4n) is 11.8. The molecule has 4 heteroatoms. The lowest BCUT2D eigenvalue weighted by molar-refractivity contribution is 0.194. The normalized spacial score (nSPS) is 32.3. The standard InChI is InChI=1S/C40H48BClN2/c1-23-18-24(2)32-35-31(23)38(7)15-11-13-17-40(38,9)44(35)30-22-26(42)21-29-33(30)41(32)28-20-25(36(3,4)5)19-27-34(28)43(29)39(8)16-12-10-14-37(27,39)6/h18-22H,10-17H2,1-9H3. The molecule has 0 saturated heterocycles. The molecule has 4 heterocycles. The molecule has 9 rings (SSSR count). The summed E-state index contributed by atoms with van der Waals surface area (Å²) in [7, 11) is 0. The topological polar surface area (TPSA) is 6.48 Å². The number of rotatable bonds is 0. The van der Waals surface area contributed by atoms with Crippen LogP contribution >= 0.6 is 11.6 Å². The zero-order valence-corrected chi connectivity index (χ0v) is 29.1. The van der Waals surface area contributed by atoms with E-state index in [9.17, 15) is 0 Å². The van der Waals surface area contributed by atoms with Crippen LogP contribution in [0.2, 0.25) is 5.02 Å². The van der Waals surface area contributed by atoms with Gasteiger partial charge in [-0.05, 0) is 110 Å². The first-order chi connectivity index (χ1) is 20.7. The first-order valence-corrected chi connectivity index (χ1v) is 17.8. The van der Waals surface area contributed by atoms with Gasteiger partial charge in [0, 0.05) is 38.6 Å². The predicted molar refractivity (Wildman–Crippen MR) is 190 cm³/mol. The van der Waals surface area contributed by atoms with E-state index in [1.807, 2.05) is 0 Å². The van der Waals surface area contributed by atoms with Crippen molar-refractivity contribution in [2.45, 2.75) is 141 Å². The summed E-state index contributed by atoms with van der Waals surface area (Å²) in [5.74, 6) is 0. The van der Waals surface area contributed by atoms with E-state index < -0.39 is 0 Å². The van der Waals surface area contributed by atoms with E-state index in [1.165, 1.54) is 96.3 Å². The molecule has 0 radical (unpaired) electrons. The summed E-state index contributed by atoms with van der Waals surface area (Å²) < 4.78 is 0. The lowest BCUT2D eigenvalue weighted by Crippen LogP contribution is -2.67. The number of anilines is 4. The van der Waals surface area contributed by atoms with Gasteiger partial charge >= 0.3 is 0 Å². The van der Waals surface area contributed by atoms with E-state index in [0.29, 0.717) is 0 Å². The van der Waals surface area contributed by atoms with E-state index in [-0.39, 0.29) is 34.0 Å². The maximum atomic E-state index is 7.27. The van der Waals surface area contributed by atoms with Crippen LogP contribution in [0.5, 0.6) is 0 Å². The van der Waals surface area contributed by atoms with E-state index in [2.05, 4.69) is 102 Å². The highest BCUT2D eigenvalue weighted by Gasteiger charge is 2.65. The van der Waals surface area contributed by atoms with Gasteiger partial charge in [0.1, 0.15) is 0 Å². The van der Waals surface area contributed by atoms with Crippen LogP contribution in [0.4, 0.5) is 22.7 Å². The molecule has 4 atom stereocenters. The number of fused-ring (bicyclic) bond motifs is 10. The maximum absolute atomic E-state index is 7.27. The summed E-state index contributed by atoms with van der Waals surface area (Å²) in [5.41, 5.74) is 18.3. The zero-order chi connectivity index (χ0) is 30.9. The molecule has 2 saturated carbocycles. The van der Waals surface area contributed by atoms with Crippen molar-refractivity contribution in [3.8, 4) is 0 Å². The predicted octanol–water partition coefficient (Wildman–Crippen LogP) is 8.88. The third-order valence-corrected chi connectivity index (χ3v) is 14.6. The van der Waals surface area contributed by atoms with Crippen molar-refractivity contribution in [1.82, 2.24) is 0 Å². The van der Waals surface area contributed by atoms with E-state index in [1.54, 1.807) is 22.1 Å². The molecule has 44 heavy (non-hydrogen) atoms. The largest absolute Gasteiger partial charge is 0.335 e. The Hall–Kier alpha value is -2.39. The number of halogens is 1. The first kappa shape index (κ1) is 27.9. The van der Waals surface area contributed by atoms with E-state index >= 15 is 0 Å². The minimum atomic E-state index is 0.0181. The van der Waals surface area contributed by atoms with Crippen molar-refractivity contribution < 1.29 is 0 Å². The second-order valence-electron chi connectivity index (χ2n) is 17.4. The molecule has 3 aromatic carbocycles. The molecule has 0 aromatic heterocycles. The van der Waals surface area contributed by atoms with Gasteiger partial charge in [-0.3, -0.25) is 0 Å². The number of hydrogen-bond acceptors (Lipinski definition) is 2. The summed E-state index contributed by atoms with van der Waals surface area (Å²) in [6, 6.07) is 12.5. The zero-order valence-electron chi connectivity index (χ0n) is 28.4. The quantitative estimate of drug-likeness (QED) is 0.237. The van der Waals surface area contributed by atoms with Gasteiger partial charge in [-0.25, -0.2) is 0 Å². The van der Waals surface area contributed by atoms with Crippen LogP contribution in [0, 0.1) is 13.8 Å². The fraction of sp³-hybridized carbons (Fsp3) is 0.550. The molecular formula is C40H48BClN2. The van der Waals surface area contributed by atoms with E-state index in [4.69, 9.17) is 11.6 Å². The summed E-state index contributed by atoms with van der Waals surface area (Å²) >= 11 is 7.27. The summed E-state index contributed by atoms with van der Waals surface area (Å²) in [5, 5.41) is 0.879. The van der Waals surface area contributed by atoms with Crippen LogP contribution in [-0.2, 0) is 16.2 Å². The lowest BCUT2D eigenvalue weighted by atomic mass is 9.32. The van der Waals surface area contributed by atoms with Gasteiger partial charge in [0.05, 0.1) is 11.1 Å². The third kappa shape index (κ3) is 2.86. The highest BCUT2D eigenvalue weighted by molar-refractivity contribution is 7.00. The Labute approximate surface area is 270 Å². The Balaban J connectivity index is 1.47. The van der Waals surface area contributed by atoms with Crippen molar-refractivity contribution in [1.29, 1.82) is 0 Å². The molecule has 0 bridgehead atoms. The molecule has 228 valence electrons. The smallest absolute Gasteiger partial charge is 0.252 e. The monoisotopic (exact) mass is 602 g/mol. The van der Waals surface area contributed by atoms with Gasteiger partial charge < -0.3 is 9.80 Å². The van der Waals surface area contributed by atoms with Crippen molar-refractivity contribution >= 4 is 57.5 Å². The molecular weight excluding hydrogens is 555 g/mol.